The van der Waals surface area contributed by atoms with Gasteiger partial charge in [0.2, 0.25) is 0 Å². The van der Waals surface area contributed by atoms with Gasteiger partial charge in [-0.2, -0.15) is 0 Å². The maximum absolute atomic E-state index is 15.1. The zero-order chi connectivity index (χ0) is 20.0. The van der Waals surface area contributed by atoms with Gasteiger partial charge in [0, 0.05) is 13.1 Å². The van der Waals surface area contributed by atoms with Gasteiger partial charge in [-0.25, -0.2) is 9.18 Å². The molecule has 0 aromatic carbocycles. The second kappa shape index (κ2) is 8.32. The first-order valence-electron chi connectivity index (χ1n) is 9.99. The molecule has 8 heteroatoms. The highest BCUT2D eigenvalue weighted by molar-refractivity contribution is 5.89. The van der Waals surface area contributed by atoms with Crippen molar-refractivity contribution >= 4 is 29.6 Å². The Morgan fingerprint density at radius 1 is 1.34 bits per heavy atom. The maximum atomic E-state index is 15.1. The lowest BCUT2D eigenvalue weighted by molar-refractivity contribution is 0.0694. The average molecular weight is 424 g/mol. The lowest BCUT2D eigenvalue weighted by Gasteiger charge is -2.24. The molecule has 1 saturated carbocycles. The normalized spacial score (nSPS) is 18.9. The minimum absolute atomic E-state index is 0. The van der Waals surface area contributed by atoms with E-state index in [2.05, 4.69) is 17.1 Å². The highest BCUT2D eigenvalue weighted by Gasteiger charge is 2.32. The SMILES string of the molecule is CCNC[C@@H]1CCN(c2c(F)cn3c(=O)c(C(=O)O)cc(C4CC4)c3c2C)C1.Cl. The quantitative estimate of drug-likeness (QED) is 0.746. The van der Waals surface area contributed by atoms with Crippen LogP contribution in [-0.2, 0) is 0 Å². The first-order chi connectivity index (χ1) is 13.4. The molecule has 1 atom stereocenters. The summed E-state index contributed by atoms with van der Waals surface area (Å²) in [5.41, 5.74) is 1.82. The highest BCUT2D eigenvalue weighted by Crippen LogP contribution is 2.44. The van der Waals surface area contributed by atoms with Crippen LogP contribution in [0.2, 0.25) is 0 Å². The summed E-state index contributed by atoms with van der Waals surface area (Å²) in [7, 11) is 0. The first-order valence-corrected chi connectivity index (χ1v) is 9.99. The number of nitrogens with one attached hydrogen (secondary N) is 1. The first kappa shape index (κ1) is 21.6. The molecule has 0 unspecified atom stereocenters. The number of aromatic nitrogens is 1. The van der Waals surface area contributed by atoms with Crippen LogP contribution >= 0.6 is 12.4 Å². The molecule has 2 aromatic rings. The van der Waals surface area contributed by atoms with E-state index in [1.165, 1.54) is 16.7 Å². The van der Waals surface area contributed by atoms with Crippen molar-refractivity contribution < 1.29 is 14.3 Å². The number of hydrogen-bond acceptors (Lipinski definition) is 4. The van der Waals surface area contributed by atoms with E-state index in [1.54, 1.807) is 0 Å². The molecule has 6 nitrogen and oxygen atoms in total. The Hall–Kier alpha value is -2.12. The molecule has 29 heavy (non-hydrogen) atoms. The Kier molecular flexibility index (Phi) is 6.19. The monoisotopic (exact) mass is 423 g/mol. The van der Waals surface area contributed by atoms with Gasteiger partial charge in [-0.1, -0.05) is 6.92 Å². The van der Waals surface area contributed by atoms with E-state index in [0.717, 1.165) is 56.6 Å². The molecule has 1 aliphatic heterocycles. The molecule has 3 heterocycles. The van der Waals surface area contributed by atoms with Gasteiger partial charge in [-0.3, -0.25) is 9.20 Å². The fourth-order valence-corrected chi connectivity index (χ4v) is 4.44. The Bertz CT molecular complexity index is 1000. The molecule has 0 amide bonds. The number of fused-ring (bicyclic) bond motifs is 1. The van der Waals surface area contributed by atoms with Crippen LogP contribution in [0.15, 0.2) is 17.1 Å². The molecule has 158 valence electrons. The van der Waals surface area contributed by atoms with Gasteiger partial charge in [0.15, 0.2) is 5.82 Å². The van der Waals surface area contributed by atoms with Crippen molar-refractivity contribution in [1.82, 2.24) is 9.72 Å². The van der Waals surface area contributed by atoms with Crippen LogP contribution in [0.3, 0.4) is 0 Å². The van der Waals surface area contributed by atoms with E-state index in [4.69, 9.17) is 0 Å². The summed E-state index contributed by atoms with van der Waals surface area (Å²) in [4.78, 5) is 26.2. The standard InChI is InChI=1S/C21H26FN3O3.ClH/c1-3-23-9-13-6-7-24(10-13)19-12(2)18-15(14-4-5-14)8-16(21(27)28)20(26)25(18)11-17(19)22;/h8,11,13-14,23H,3-7,9-10H2,1-2H3,(H,27,28);1H/t13-;/m0./s1. The van der Waals surface area contributed by atoms with Gasteiger partial charge in [-0.05, 0) is 68.3 Å². The van der Waals surface area contributed by atoms with Gasteiger partial charge >= 0.3 is 5.97 Å². The Labute approximate surface area is 175 Å². The molecule has 0 bridgehead atoms. The lowest BCUT2D eigenvalue weighted by Crippen LogP contribution is -2.28. The van der Waals surface area contributed by atoms with Crippen LogP contribution in [0.5, 0.6) is 0 Å². The summed E-state index contributed by atoms with van der Waals surface area (Å²) in [5.74, 6) is -1.03. The predicted octanol–water partition coefficient (Wildman–Crippen LogP) is 3.18. The summed E-state index contributed by atoms with van der Waals surface area (Å²) >= 11 is 0. The van der Waals surface area contributed by atoms with E-state index in [9.17, 15) is 14.7 Å². The van der Waals surface area contributed by atoms with Gasteiger partial charge in [0.1, 0.15) is 5.56 Å². The van der Waals surface area contributed by atoms with Gasteiger partial charge in [0.25, 0.3) is 5.56 Å². The maximum Gasteiger partial charge on any atom is 0.341 e. The Morgan fingerprint density at radius 3 is 2.69 bits per heavy atom. The summed E-state index contributed by atoms with van der Waals surface area (Å²) in [6.45, 7) is 7.30. The number of aromatic carboxylic acids is 1. The third kappa shape index (κ3) is 3.85. The van der Waals surface area contributed by atoms with E-state index < -0.39 is 17.3 Å². The Morgan fingerprint density at radius 2 is 2.07 bits per heavy atom. The molecule has 1 saturated heterocycles. The van der Waals surface area contributed by atoms with E-state index in [1.807, 2.05) is 6.92 Å². The predicted molar refractivity (Wildman–Crippen MR) is 113 cm³/mol. The molecular formula is C21H27ClFN3O3. The number of aryl methyl sites for hydroxylation is 1. The zero-order valence-electron chi connectivity index (χ0n) is 16.7. The minimum Gasteiger partial charge on any atom is -0.477 e. The third-order valence-electron chi connectivity index (χ3n) is 5.98. The summed E-state index contributed by atoms with van der Waals surface area (Å²) in [6.07, 6.45) is 4.11. The topological polar surface area (TPSA) is 74.0 Å². The van der Waals surface area contributed by atoms with Gasteiger partial charge in [-0.15, -0.1) is 12.4 Å². The highest BCUT2D eigenvalue weighted by atomic mass is 35.5. The number of nitrogens with zero attached hydrogens (tertiary/aromatic N) is 2. The van der Waals surface area contributed by atoms with Crippen molar-refractivity contribution in [3.8, 4) is 0 Å². The van der Waals surface area contributed by atoms with E-state index in [0.29, 0.717) is 17.1 Å². The van der Waals surface area contributed by atoms with Crippen LogP contribution < -0.4 is 15.8 Å². The number of carbonyl (C=O) groups is 1. The van der Waals surface area contributed by atoms with E-state index in [-0.39, 0.29) is 23.9 Å². The summed E-state index contributed by atoms with van der Waals surface area (Å²) < 4.78 is 16.3. The number of halogens is 2. The van der Waals surface area contributed by atoms with Crippen molar-refractivity contribution in [2.24, 2.45) is 5.92 Å². The molecule has 4 rings (SSSR count). The molecule has 0 radical (unpaired) electrons. The average Bonchev–Trinajstić information content (AvgIpc) is 3.39. The molecule has 2 aromatic heterocycles. The largest absolute Gasteiger partial charge is 0.477 e. The number of hydrogen-bond donors (Lipinski definition) is 2. The molecule has 1 aliphatic carbocycles. The summed E-state index contributed by atoms with van der Waals surface area (Å²) in [6, 6.07) is 1.50. The van der Waals surface area contributed by atoms with Crippen molar-refractivity contribution in [2.75, 3.05) is 31.1 Å². The van der Waals surface area contributed by atoms with Crippen LogP contribution in [0.25, 0.3) is 5.52 Å². The second-order valence-corrected chi connectivity index (χ2v) is 7.98. The fourth-order valence-electron chi connectivity index (χ4n) is 4.44. The Balaban J connectivity index is 0.00000240. The molecule has 0 spiro atoms. The third-order valence-corrected chi connectivity index (χ3v) is 5.98. The molecule has 2 N–H and O–H groups in total. The number of pyridine rings is 2. The van der Waals surface area contributed by atoms with Crippen LogP contribution in [0, 0.1) is 18.7 Å². The molecule has 2 aliphatic rings. The number of anilines is 1. The van der Waals surface area contributed by atoms with Crippen LogP contribution in [0.4, 0.5) is 10.1 Å². The van der Waals surface area contributed by atoms with Crippen LogP contribution in [0.1, 0.15) is 53.6 Å². The summed E-state index contributed by atoms with van der Waals surface area (Å²) in [5, 5.41) is 12.8. The van der Waals surface area contributed by atoms with Gasteiger partial charge in [0.05, 0.1) is 17.4 Å². The zero-order valence-corrected chi connectivity index (χ0v) is 17.5. The fraction of sp³-hybridized carbons (Fsp3) is 0.524. The van der Waals surface area contributed by atoms with Crippen LogP contribution in [-0.4, -0.2) is 41.7 Å². The lowest BCUT2D eigenvalue weighted by atomic mass is 10.0. The van der Waals surface area contributed by atoms with Gasteiger partial charge < -0.3 is 15.3 Å². The van der Waals surface area contributed by atoms with Crippen molar-refractivity contribution in [3.63, 3.8) is 0 Å². The molecular weight excluding hydrogens is 397 g/mol. The number of rotatable bonds is 6. The van der Waals surface area contributed by atoms with Crippen molar-refractivity contribution in [2.45, 2.75) is 39.0 Å². The number of carboxylic acids is 1. The van der Waals surface area contributed by atoms with Crippen molar-refractivity contribution in [3.05, 3.63) is 45.1 Å². The smallest absolute Gasteiger partial charge is 0.341 e. The second-order valence-electron chi connectivity index (χ2n) is 7.98. The number of carboxylic acid groups (broad SMARTS) is 1. The van der Waals surface area contributed by atoms with Crippen molar-refractivity contribution in [1.29, 1.82) is 0 Å². The molecule has 2 fully saturated rings. The van der Waals surface area contributed by atoms with E-state index >= 15 is 4.39 Å². The minimum atomic E-state index is -1.27.